The Labute approximate surface area is 96.2 Å². The van der Waals surface area contributed by atoms with Crippen molar-refractivity contribution in [1.82, 2.24) is 0 Å². The van der Waals surface area contributed by atoms with Crippen molar-refractivity contribution in [1.29, 1.82) is 0 Å². The van der Waals surface area contributed by atoms with Gasteiger partial charge in [-0.05, 0) is 17.7 Å². The summed E-state index contributed by atoms with van der Waals surface area (Å²) in [6.07, 6.45) is 0. The zero-order valence-electron chi connectivity index (χ0n) is 7.63. The average Bonchev–Trinajstić information content (AvgIpc) is 2.08. The van der Waals surface area contributed by atoms with Crippen LogP contribution in [0.1, 0.15) is 5.56 Å². The third kappa shape index (κ3) is 3.52. The number of hydrogen-bond donors (Lipinski definition) is 0. The standard InChI is InChI=1S/C8H7Cl2FO3S/c1-14-7-3-5(4-15(10,12)13)2-6(11)8(7)9/h2-3H,4H2,1H3. The molecule has 0 aromatic heterocycles. The Morgan fingerprint density at radius 2 is 2.07 bits per heavy atom. The number of hydrogen-bond acceptors (Lipinski definition) is 3. The molecule has 3 nitrogen and oxygen atoms in total. The van der Waals surface area contributed by atoms with Gasteiger partial charge in [0.25, 0.3) is 0 Å². The van der Waals surface area contributed by atoms with E-state index in [2.05, 4.69) is 0 Å². The lowest BCUT2D eigenvalue weighted by Crippen LogP contribution is -1.97. The van der Waals surface area contributed by atoms with Gasteiger partial charge in [0.05, 0.1) is 12.9 Å². The van der Waals surface area contributed by atoms with Crippen molar-refractivity contribution in [2.45, 2.75) is 5.75 Å². The van der Waals surface area contributed by atoms with Crippen LogP contribution >= 0.6 is 22.3 Å². The molecule has 1 aromatic rings. The summed E-state index contributed by atoms with van der Waals surface area (Å²) in [7, 11) is 2.61. The van der Waals surface area contributed by atoms with E-state index in [-0.39, 0.29) is 16.3 Å². The van der Waals surface area contributed by atoms with Crippen LogP contribution in [0.25, 0.3) is 0 Å². The molecule has 0 aliphatic heterocycles. The summed E-state index contributed by atoms with van der Waals surface area (Å²) in [5.41, 5.74) is 0.184. The van der Waals surface area contributed by atoms with Crippen LogP contribution in [0.3, 0.4) is 0 Å². The van der Waals surface area contributed by atoms with Crippen LogP contribution in [0.4, 0.5) is 4.39 Å². The van der Waals surface area contributed by atoms with Crippen molar-refractivity contribution < 1.29 is 17.5 Å². The topological polar surface area (TPSA) is 43.4 Å². The smallest absolute Gasteiger partial charge is 0.236 e. The third-order valence-electron chi connectivity index (χ3n) is 1.61. The second-order valence-electron chi connectivity index (χ2n) is 2.78. The van der Waals surface area contributed by atoms with E-state index in [4.69, 9.17) is 27.0 Å². The van der Waals surface area contributed by atoms with Gasteiger partial charge in [-0.3, -0.25) is 0 Å². The maximum atomic E-state index is 13.2. The van der Waals surface area contributed by atoms with Gasteiger partial charge in [0.15, 0.2) is 0 Å². The van der Waals surface area contributed by atoms with Gasteiger partial charge in [0.2, 0.25) is 9.05 Å². The van der Waals surface area contributed by atoms with Crippen LogP contribution in [0.2, 0.25) is 5.02 Å². The van der Waals surface area contributed by atoms with Gasteiger partial charge in [-0.1, -0.05) is 11.6 Å². The lowest BCUT2D eigenvalue weighted by Gasteiger charge is -2.06. The highest BCUT2D eigenvalue weighted by Gasteiger charge is 2.13. The van der Waals surface area contributed by atoms with E-state index in [0.29, 0.717) is 0 Å². The molecule has 0 spiro atoms. The molecular formula is C8H7Cl2FO3S. The Kier molecular flexibility index (Phi) is 3.81. The first-order valence-corrected chi connectivity index (χ1v) is 6.63. The molecular weight excluding hydrogens is 266 g/mol. The summed E-state index contributed by atoms with van der Waals surface area (Å²) in [6, 6.07) is 2.33. The molecule has 0 saturated carbocycles. The molecule has 0 amide bonds. The fraction of sp³-hybridized carbons (Fsp3) is 0.250. The van der Waals surface area contributed by atoms with E-state index in [1.54, 1.807) is 0 Å². The quantitative estimate of drug-likeness (QED) is 0.795. The minimum atomic E-state index is -3.72. The normalized spacial score (nSPS) is 11.5. The number of rotatable bonds is 3. The lowest BCUT2D eigenvalue weighted by atomic mass is 10.2. The SMILES string of the molecule is COc1cc(CS(=O)(=O)Cl)cc(F)c1Cl. The molecule has 0 unspecified atom stereocenters. The molecule has 0 N–H and O–H groups in total. The second-order valence-corrected chi connectivity index (χ2v) is 5.93. The van der Waals surface area contributed by atoms with Crippen molar-refractivity contribution in [2.24, 2.45) is 0 Å². The Bertz CT molecular complexity index is 473. The van der Waals surface area contributed by atoms with Gasteiger partial charge in [-0.2, -0.15) is 0 Å². The molecule has 0 fully saturated rings. The van der Waals surface area contributed by atoms with E-state index in [1.807, 2.05) is 0 Å². The summed E-state index contributed by atoms with van der Waals surface area (Å²) >= 11 is 5.55. The van der Waals surface area contributed by atoms with Crippen molar-refractivity contribution in [2.75, 3.05) is 7.11 Å². The van der Waals surface area contributed by atoms with E-state index < -0.39 is 20.6 Å². The summed E-state index contributed by atoms with van der Waals surface area (Å²) < 4.78 is 39.5. The fourth-order valence-electron chi connectivity index (χ4n) is 1.05. The molecule has 1 rings (SSSR count). The highest BCUT2D eigenvalue weighted by atomic mass is 35.7. The third-order valence-corrected chi connectivity index (χ3v) is 2.99. The van der Waals surface area contributed by atoms with E-state index in [9.17, 15) is 12.8 Å². The highest BCUT2D eigenvalue weighted by molar-refractivity contribution is 8.13. The monoisotopic (exact) mass is 272 g/mol. The molecule has 0 aliphatic carbocycles. The van der Waals surface area contributed by atoms with Crippen molar-refractivity contribution in [3.63, 3.8) is 0 Å². The molecule has 0 atom stereocenters. The van der Waals surface area contributed by atoms with Crippen LogP contribution in [0, 0.1) is 5.82 Å². The van der Waals surface area contributed by atoms with Crippen molar-refractivity contribution >= 4 is 31.3 Å². The Morgan fingerprint density at radius 1 is 1.47 bits per heavy atom. The zero-order chi connectivity index (χ0) is 11.6. The Hall–Kier alpha value is -0.520. The van der Waals surface area contributed by atoms with Crippen LogP contribution in [-0.2, 0) is 14.8 Å². The number of ether oxygens (including phenoxy) is 1. The molecule has 84 valence electrons. The number of benzene rings is 1. The fourth-order valence-corrected chi connectivity index (χ4v) is 2.18. The van der Waals surface area contributed by atoms with Crippen LogP contribution < -0.4 is 4.74 Å². The molecule has 0 bridgehead atoms. The molecule has 0 aliphatic rings. The van der Waals surface area contributed by atoms with E-state index >= 15 is 0 Å². The van der Waals surface area contributed by atoms with Crippen LogP contribution in [0.5, 0.6) is 5.75 Å². The van der Waals surface area contributed by atoms with Crippen LogP contribution in [0.15, 0.2) is 12.1 Å². The van der Waals surface area contributed by atoms with E-state index in [0.717, 1.165) is 6.07 Å². The predicted octanol–water partition coefficient (Wildman–Crippen LogP) is 2.56. The van der Waals surface area contributed by atoms with Crippen molar-refractivity contribution in [3.8, 4) is 5.75 Å². The summed E-state index contributed by atoms with van der Waals surface area (Å²) in [5.74, 6) is -1.14. The summed E-state index contributed by atoms with van der Waals surface area (Å²) in [6.45, 7) is 0. The maximum Gasteiger partial charge on any atom is 0.236 e. The van der Waals surface area contributed by atoms with Crippen molar-refractivity contribution in [3.05, 3.63) is 28.5 Å². The van der Waals surface area contributed by atoms with Crippen LogP contribution in [-0.4, -0.2) is 15.5 Å². The first-order chi connectivity index (χ1) is 6.83. The van der Waals surface area contributed by atoms with Gasteiger partial charge >= 0.3 is 0 Å². The maximum absolute atomic E-state index is 13.2. The molecule has 0 saturated heterocycles. The number of halogens is 3. The largest absolute Gasteiger partial charge is 0.495 e. The molecule has 1 aromatic carbocycles. The Morgan fingerprint density at radius 3 is 2.53 bits per heavy atom. The second kappa shape index (κ2) is 4.55. The number of methoxy groups -OCH3 is 1. The van der Waals surface area contributed by atoms with Gasteiger partial charge in [0.1, 0.15) is 16.6 Å². The summed E-state index contributed by atoms with van der Waals surface area (Å²) in [4.78, 5) is 0. The summed E-state index contributed by atoms with van der Waals surface area (Å²) in [5, 5.41) is -0.187. The highest BCUT2D eigenvalue weighted by Crippen LogP contribution is 2.29. The minimum Gasteiger partial charge on any atom is -0.495 e. The molecule has 0 heterocycles. The van der Waals surface area contributed by atoms with Gasteiger partial charge in [0, 0.05) is 10.7 Å². The lowest BCUT2D eigenvalue weighted by molar-refractivity contribution is 0.411. The van der Waals surface area contributed by atoms with Gasteiger partial charge in [-0.15, -0.1) is 0 Å². The molecule has 7 heteroatoms. The predicted molar refractivity (Wildman–Crippen MR) is 56.4 cm³/mol. The Balaban J connectivity index is 3.17. The van der Waals surface area contributed by atoms with Gasteiger partial charge in [-0.25, -0.2) is 12.8 Å². The first-order valence-electron chi connectivity index (χ1n) is 3.77. The van der Waals surface area contributed by atoms with Gasteiger partial charge < -0.3 is 4.74 Å². The zero-order valence-corrected chi connectivity index (χ0v) is 9.96. The molecule has 15 heavy (non-hydrogen) atoms. The first kappa shape index (κ1) is 12.5. The average molecular weight is 273 g/mol. The minimum absolute atomic E-state index is 0.0759. The van der Waals surface area contributed by atoms with E-state index in [1.165, 1.54) is 13.2 Å². The molecule has 0 radical (unpaired) electrons.